The van der Waals surface area contributed by atoms with Crippen LogP contribution < -0.4 is 0 Å². The topological polar surface area (TPSA) is 87.0 Å². The third-order valence-corrected chi connectivity index (χ3v) is 6.88. The molecule has 0 saturated carbocycles. The summed E-state index contributed by atoms with van der Waals surface area (Å²) in [6.45, 7) is 6.11. The van der Waals surface area contributed by atoms with Crippen molar-refractivity contribution in [1.29, 1.82) is 0 Å². The summed E-state index contributed by atoms with van der Waals surface area (Å²) in [6.07, 6.45) is -3.88. The number of rotatable bonds is 5. The molecular weight excluding hydrogens is 364 g/mol. The van der Waals surface area contributed by atoms with E-state index in [0.29, 0.717) is 6.29 Å². The second-order valence-electron chi connectivity index (χ2n) is 7.12. The molecule has 146 valence electrons. The standard InChI is InChI=1S/C21H26O5S/c1-4-13-5-7-14(8-6-13)9-16-11(2)12(3)21(27-16)20-19(25)18(24)17(23)15(10-22)26-20/h5-8,10,15,17-20,23-25H,4,9H2,1-3H3. The Morgan fingerprint density at radius 3 is 2.22 bits per heavy atom. The van der Waals surface area contributed by atoms with Gasteiger partial charge in [-0.3, -0.25) is 0 Å². The van der Waals surface area contributed by atoms with Crippen molar-refractivity contribution in [2.45, 2.75) is 64.1 Å². The zero-order chi connectivity index (χ0) is 19.7. The van der Waals surface area contributed by atoms with Gasteiger partial charge in [-0.05, 0) is 42.5 Å². The van der Waals surface area contributed by atoms with Crippen LogP contribution in [-0.2, 0) is 22.4 Å². The number of aryl methyl sites for hydroxylation is 1. The smallest absolute Gasteiger partial charge is 0.151 e. The van der Waals surface area contributed by atoms with Gasteiger partial charge in [0.1, 0.15) is 30.5 Å². The molecule has 6 heteroatoms. The van der Waals surface area contributed by atoms with Crippen LogP contribution in [0.5, 0.6) is 0 Å². The normalized spacial score (nSPS) is 28.3. The highest BCUT2D eigenvalue weighted by molar-refractivity contribution is 7.12. The van der Waals surface area contributed by atoms with Gasteiger partial charge in [-0.15, -0.1) is 11.3 Å². The Labute approximate surface area is 163 Å². The zero-order valence-electron chi connectivity index (χ0n) is 15.8. The predicted octanol–water partition coefficient (Wildman–Crippen LogP) is 2.24. The fourth-order valence-electron chi connectivity index (χ4n) is 3.43. The summed E-state index contributed by atoms with van der Waals surface area (Å²) in [4.78, 5) is 13.1. The summed E-state index contributed by atoms with van der Waals surface area (Å²) >= 11 is 1.52. The van der Waals surface area contributed by atoms with Crippen LogP contribution in [0.2, 0.25) is 0 Å². The van der Waals surface area contributed by atoms with Gasteiger partial charge in [-0.1, -0.05) is 31.2 Å². The number of hydrogen-bond acceptors (Lipinski definition) is 6. The van der Waals surface area contributed by atoms with E-state index in [1.807, 2.05) is 13.8 Å². The zero-order valence-corrected chi connectivity index (χ0v) is 16.6. The van der Waals surface area contributed by atoms with Crippen LogP contribution in [0.3, 0.4) is 0 Å². The van der Waals surface area contributed by atoms with Crippen LogP contribution in [0.15, 0.2) is 24.3 Å². The molecule has 1 aromatic carbocycles. The van der Waals surface area contributed by atoms with Crippen LogP contribution in [0, 0.1) is 13.8 Å². The Hall–Kier alpha value is -1.57. The van der Waals surface area contributed by atoms with E-state index in [1.54, 1.807) is 0 Å². The summed E-state index contributed by atoms with van der Waals surface area (Å²) in [5.74, 6) is 0. The fourth-order valence-corrected chi connectivity index (χ4v) is 4.86. The first-order valence-corrected chi connectivity index (χ1v) is 10.0. The van der Waals surface area contributed by atoms with E-state index < -0.39 is 30.5 Å². The third-order valence-electron chi connectivity index (χ3n) is 5.42. The quantitative estimate of drug-likeness (QED) is 0.682. The lowest BCUT2D eigenvalue weighted by molar-refractivity contribution is -0.216. The summed E-state index contributed by atoms with van der Waals surface area (Å²) in [5.41, 5.74) is 4.60. The Kier molecular flexibility index (Phi) is 6.13. The van der Waals surface area contributed by atoms with Crippen molar-refractivity contribution in [3.8, 4) is 0 Å². The van der Waals surface area contributed by atoms with E-state index in [9.17, 15) is 20.1 Å². The Balaban J connectivity index is 1.88. The van der Waals surface area contributed by atoms with Crippen LogP contribution in [0.4, 0.5) is 0 Å². The lowest BCUT2D eigenvalue weighted by Gasteiger charge is -2.38. The molecule has 5 unspecified atom stereocenters. The molecule has 1 fully saturated rings. The van der Waals surface area contributed by atoms with Gasteiger partial charge in [0, 0.05) is 16.2 Å². The van der Waals surface area contributed by atoms with Crippen molar-refractivity contribution in [3.05, 3.63) is 56.3 Å². The Morgan fingerprint density at radius 1 is 1.00 bits per heavy atom. The molecule has 2 aromatic rings. The monoisotopic (exact) mass is 390 g/mol. The molecule has 1 aliphatic heterocycles. The van der Waals surface area contributed by atoms with E-state index in [2.05, 4.69) is 31.2 Å². The van der Waals surface area contributed by atoms with E-state index in [1.165, 1.54) is 22.5 Å². The van der Waals surface area contributed by atoms with Gasteiger partial charge < -0.3 is 24.9 Å². The first-order valence-electron chi connectivity index (χ1n) is 9.18. The molecule has 0 spiro atoms. The highest BCUT2D eigenvalue weighted by atomic mass is 32.1. The number of hydrogen-bond donors (Lipinski definition) is 3. The number of benzene rings is 1. The third kappa shape index (κ3) is 3.86. The van der Waals surface area contributed by atoms with Crippen LogP contribution in [0.25, 0.3) is 0 Å². The van der Waals surface area contributed by atoms with Gasteiger partial charge in [0.25, 0.3) is 0 Å². The second-order valence-corrected chi connectivity index (χ2v) is 8.25. The molecule has 0 aliphatic carbocycles. The van der Waals surface area contributed by atoms with Gasteiger partial charge >= 0.3 is 0 Å². The Morgan fingerprint density at radius 2 is 1.63 bits per heavy atom. The van der Waals surface area contributed by atoms with E-state index in [0.717, 1.165) is 33.7 Å². The molecule has 5 atom stereocenters. The molecule has 3 rings (SSSR count). The molecule has 2 heterocycles. The lowest BCUT2D eigenvalue weighted by Crippen LogP contribution is -2.54. The maximum absolute atomic E-state index is 11.2. The number of aliphatic hydroxyl groups is 3. The minimum atomic E-state index is -1.43. The highest BCUT2D eigenvalue weighted by Crippen LogP contribution is 2.40. The van der Waals surface area contributed by atoms with E-state index in [4.69, 9.17) is 4.74 Å². The van der Waals surface area contributed by atoms with E-state index >= 15 is 0 Å². The molecule has 5 nitrogen and oxygen atoms in total. The molecule has 0 amide bonds. The van der Waals surface area contributed by atoms with Gasteiger partial charge in [0.2, 0.25) is 0 Å². The van der Waals surface area contributed by atoms with Crippen LogP contribution in [-0.4, -0.2) is 46.0 Å². The highest BCUT2D eigenvalue weighted by Gasteiger charge is 2.45. The molecule has 1 saturated heterocycles. The van der Waals surface area contributed by atoms with Crippen LogP contribution >= 0.6 is 11.3 Å². The van der Waals surface area contributed by atoms with Gasteiger partial charge in [0.15, 0.2) is 6.29 Å². The Bertz CT molecular complexity index is 798. The average molecular weight is 391 g/mol. The first-order chi connectivity index (χ1) is 12.9. The molecule has 3 N–H and O–H groups in total. The van der Waals surface area contributed by atoms with Crippen molar-refractivity contribution < 1.29 is 24.9 Å². The number of ether oxygens (including phenoxy) is 1. The van der Waals surface area contributed by atoms with Crippen molar-refractivity contribution in [2.24, 2.45) is 0 Å². The molecular formula is C21H26O5S. The molecule has 0 radical (unpaired) electrons. The fraction of sp³-hybridized carbons (Fsp3) is 0.476. The number of carbonyl (C=O) groups excluding carboxylic acids is 1. The summed E-state index contributed by atoms with van der Waals surface area (Å²) < 4.78 is 5.63. The average Bonchev–Trinajstić information content (AvgIpc) is 2.95. The maximum Gasteiger partial charge on any atom is 0.151 e. The largest absolute Gasteiger partial charge is 0.387 e. The van der Waals surface area contributed by atoms with Crippen molar-refractivity contribution in [1.82, 2.24) is 0 Å². The second kappa shape index (κ2) is 8.20. The SMILES string of the molecule is CCc1ccc(Cc2sc(C3OC(C=O)C(O)C(O)C3O)c(C)c2C)cc1. The molecule has 1 aliphatic rings. The summed E-state index contributed by atoms with van der Waals surface area (Å²) in [7, 11) is 0. The molecule has 1 aromatic heterocycles. The predicted molar refractivity (Wildman–Crippen MR) is 104 cm³/mol. The van der Waals surface area contributed by atoms with Gasteiger partial charge in [0.05, 0.1) is 0 Å². The number of aliphatic hydroxyl groups excluding tert-OH is 3. The summed E-state index contributed by atoms with van der Waals surface area (Å²) in [5, 5.41) is 30.4. The van der Waals surface area contributed by atoms with Crippen molar-refractivity contribution in [2.75, 3.05) is 0 Å². The van der Waals surface area contributed by atoms with Gasteiger partial charge in [-0.25, -0.2) is 0 Å². The van der Waals surface area contributed by atoms with Gasteiger partial charge in [-0.2, -0.15) is 0 Å². The molecule has 0 bridgehead atoms. The minimum Gasteiger partial charge on any atom is -0.387 e. The van der Waals surface area contributed by atoms with Crippen molar-refractivity contribution >= 4 is 17.6 Å². The van der Waals surface area contributed by atoms with E-state index in [-0.39, 0.29) is 0 Å². The first kappa shape index (κ1) is 20.2. The lowest BCUT2D eigenvalue weighted by atomic mass is 9.93. The van der Waals surface area contributed by atoms with Crippen LogP contribution in [0.1, 0.15) is 45.0 Å². The van der Waals surface area contributed by atoms with Crippen molar-refractivity contribution in [3.63, 3.8) is 0 Å². The minimum absolute atomic E-state index is 0.471. The number of thiophene rings is 1. The molecule has 27 heavy (non-hydrogen) atoms. The maximum atomic E-state index is 11.2. The number of aldehydes is 1. The summed E-state index contributed by atoms with van der Waals surface area (Å²) in [6, 6.07) is 8.52. The number of carbonyl (C=O) groups is 1.